The van der Waals surface area contributed by atoms with Crippen LogP contribution in [-0.2, 0) is 42.6 Å². The van der Waals surface area contributed by atoms with Crippen LogP contribution < -0.4 is 0 Å². The molecule has 2 aliphatic heterocycles. The van der Waals surface area contributed by atoms with E-state index in [4.69, 9.17) is 54.2 Å². The first kappa shape index (κ1) is 47.8. The Morgan fingerprint density at radius 1 is 0.348 bits per heavy atom. The maximum absolute atomic E-state index is 14.0. The van der Waals surface area contributed by atoms with Crippen LogP contribution in [0.25, 0.3) is 0 Å². The van der Waals surface area contributed by atoms with Crippen LogP contribution in [0.2, 0.25) is 0 Å². The lowest BCUT2D eigenvalue weighted by molar-refractivity contribution is -0.275. The van der Waals surface area contributed by atoms with E-state index in [1.807, 2.05) is 0 Å². The van der Waals surface area contributed by atoms with Crippen molar-refractivity contribution < 1.29 is 71.4 Å². The van der Waals surface area contributed by atoms with Gasteiger partial charge in [0.1, 0.15) is 31.5 Å². The van der Waals surface area contributed by atoms with Gasteiger partial charge in [0.15, 0.2) is 36.3 Å². The van der Waals surface area contributed by atoms with E-state index in [2.05, 4.69) is 0 Å². The molecule has 0 spiro atoms. The Bertz CT molecular complexity index is 2680. The fraction of sp³-hybridized carbons (Fsp3) is 0.208. The largest absolute Gasteiger partial charge is 0.459 e. The zero-order chi connectivity index (χ0) is 48.1. The predicted octanol–water partition coefficient (Wildman–Crippen LogP) is 7.68. The van der Waals surface area contributed by atoms with Gasteiger partial charge in [0.2, 0.25) is 0 Å². The summed E-state index contributed by atoms with van der Waals surface area (Å²) in [6.07, 6.45) is -12.8. The molecule has 69 heavy (non-hydrogen) atoms. The third kappa shape index (κ3) is 12.1. The van der Waals surface area contributed by atoms with Crippen LogP contribution in [-0.4, -0.2) is 104 Å². The summed E-state index contributed by atoms with van der Waals surface area (Å²) < 4.78 is 55.1. The van der Waals surface area contributed by atoms with Gasteiger partial charge in [0, 0.05) is 0 Å². The molecule has 16 heteroatoms. The average molecular weight is 955 g/mol. The second-order valence-electron chi connectivity index (χ2n) is 15.5. The molecule has 0 aromatic heterocycles. The summed E-state index contributed by atoms with van der Waals surface area (Å²) in [4.78, 5) is 82.4. The van der Waals surface area contributed by atoms with Crippen LogP contribution in [0.4, 0.5) is 0 Å². The number of esters is 6. The van der Waals surface area contributed by atoms with Crippen molar-refractivity contribution >= 4 is 47.4 Å². The number of hydrogen-bond acceptors (Lipinski definition) is 15. The highest BCUT2D eigenvalue weighted by atomic mass is 35.5. The van der Waals surface area contributed by atoms with Crippen molar-refractivity contribution in [2.45, 2.75) is 54.6 Å². The van der Waals surface area contributed by atoms with E-state index >= 15 is 0 Å². The van der Waals surface area contributed by atoms with Crippen molar-refractivity contribution in [3.05, 3.63) is 215 Å². The van der Waals surface area contributed by atoms with Crippen LogP contribution in [0.1, 0.15) is 62.1 Å². The first-order chi connectivity index (χ1) is 33.6. The monoisotopic (exact) mass is 954 g/mol. The summed E-state index contributed by atoms with van der Waals surface area (Å²) in [5, 5.41) is 0. The summed E-state index contributed by atoms with van der Waals surface area (Å²) in [5.41, 5.74) is -0.755. The van der Waals surface area contributed by atoms with E-state index in [-0.39, 0.29) is 33.4 Å². The van der Waals surface area contributed by atoms with Crippen molar-refractivity contribution in [2.75, 3.05) is 13.2 Å². The number of carbonyl (C=O) groups excluding carboxylic acids is 6. The highest BCUT2D eigenvalue weighted by molar-refractivity contribution is 6.20. The second-order valence-corrected chi connectivity index (χ2v) is 16.0. The smallest absolute Gasteiger partial charge is 0.338 e. The molecule has 0 unspecified atom stereocenters. The van der Waals surface area contributed by atoms with Gasteiger partial charge in [-0.15, -0.1) is 0 Å². The molecule has 0 bridgehead atoms. The molecule has 2 aliphatic rings. The van der Waals surface area contributed by atoms with Crippen molar-refractivity contribution in [1.29, 1.82) is 0 Å². The molecule has 0 aliphatic carbocycles. The molecule has 0 radical (unpaired) electrons. The van der Waals surface area contributed by atoms with Crippen LogP contribution in [0, 0.1) is 0 Å². The number of benzene rings is 6. The quantitative estimate of drug-likeness (QED) is 0.0522. The third-order valence-corrected chi connectivity index (χ3v) is 11.3. The van der Waals surface area contributed by atoms with Crippen molar-refractivity contribution in [3.8, 4) is 0 Å². The predicted molar refractivity (Wildman–Crippen MR) is 244 cm³/mol. The molecule has 2 saturated heterocycles. The lowest BCUT2D eigenvalue weighted by Crippen LogP contribution is -2.62. The second kappa shape index (κ2) is 22.9. The summed E-state index contributed by atoms with van der Waals surface area (Å²) >= 11 is 6.96. The van der Waals surface area contributed by atoms with Crippen molar-refractivity contribution in [1.82, 2.24) is 0 Å². The van der Waals surface area contributed by atoms with Gasteiger partial charge in [0.05, 0.1) is 33.4 Å². The van der Waals surface area contributed by atoms with Gasteiger partial charge in [-0.25, -0.2) is 28.8 Å². The fourth-order valence-corrected chi connectivity index (χ4v) is 7.80. The van der Waals surface area contributed by atoms with E-state index in [0.29, 0.717) is 0 Å². The van der Waals surface area contributed by atoms with E-state index in [9.17, 15) is 28.8 Å². The Balaban J connectivity index is 1.20. The number of carbonyl (C=O) groups is 6. The summed E-state index contributed by atoms with van der Waals surface area (Å²) in [6, 6.07) is 47.8. The van der Waals surface area contributed by atoms with E-state index in [1.54, 1.807) is 109 Å². The van der Waals surface area contributed by atoms with Gasteiger partial charge in [0.25, 0.3) is 0 Å². The van der Waals surface area contributed by atoms with Crippen molar-refractivity contribution in [2.24, 2.45) is 0 Å². The molecule has 352 valence electrons. The van der Waals surface area contributed by atoms with Crippen LogP contribution in [0.5, 0.6) is 0 Å². The number of ether oxygens (including phenoxy) is 9. The molecule has 0 saturated carbocycles. The Kier molecular flexibility index (Phi) is 15.8. The van der Waals surface area contributed by atoms with Gasteiger partial charge in [-0.3, -0.25) is 0 Å². The minimum atomic E-state index is -1.79. The Morgan fingerprint density at radius 3 is 0.971 bits per heavy atom. The SMILES string of the molecule is O=C(OC[C@@H]1O[C@@H](O[C@@H]2[C@@H](OC(=O)c3ccccc3)[C@@H](Cl)O[C@H](COC(=O)c3ccccc3)[C@@H]2OC(=O)c2ccccc2)[C@H](OC(=O)c2ccccc2)[C@H]1OC(=O)c1ccccc1)c1ccccc1. The van der Waals surface area contributed by atoms with E-state index in [1.165, 1.54) is 72.8 Å². The molecule has 9 atom stereocenters. The lowest BCUT2D eigenvalue weighted by Gasteiger charge is -2.44. The van der Waals surface area contributed by atoms with Gasteiger partial charge in [-0.1, -0.05) is 121 Å². The molecule has 6 aromatic carbocycles. The minimum absolute atomic E-state index is 0.0971. The van der Waals surface area contributed by atoms with Crippen LogP contribution >= 0.6 is 11.6 Å². The summed E-state index contributed by atoms with van der Waals surface area (Å²) in [6.45, 7) is -1.14. The Hall–Kier alpha value is -7.69. The third-order valence-electron chi connectivity index (χ3n) is 10.9. The highest BCUT2D eigenvalue weighted by Gasteiger charge is 2.57. The van der Waals surface area contributed by atoms with Gasteiger partial charge in [-0.05, 0) is 72.8 Å². The minimum Gasteiger partial charge on any atom is -0.459 e. The normalized spacial score (nSPS) is 22.8. The summed E-state index contributed by atoms with van der Waals surface area (Å²) in [5.74, 6) is -5.04. The zero-order valence-corrected chi connectivity index (χ0v) is 37.2. The number of alkyl halides is 1. The van der Waals surface area contributed by atoms with Crippen LogP contribution in [0.3, 0.4) is 0 Å². The maximum Gasteiger partial charge on any atom is 0.338 e. The first-order valence-electron chi connectivity index (χ1n) is 21.7. The molecule has 2 heterocycles. The average Bonchev–Trinajstić information content (AvgIpc) is 3.71. The van der Waals surface area contributed by atoms with E-state index < -0.39 is 104 Å². The number of halogens is 1. The fourth-order valence-electron chi connectivity index (χ4n) is 7.47. The zero-order valence-electron chi connectivity index (χ0n) is 36.4. The molecule has 0 amide bonds. The van der Waals surface area contributed by atoms with E-state index in [0.717, 1.165) is 0 Å². The first-order valence-corrected chi connectivity index (χ1v) is 22.2. The molecular formula is C53H43ClO15. The highest BCUT2D eigenvalue weighted by Crippen LogP contribution is 2.37. The summed E-state index contributed by atoms with van der Waals surface area (Å²) in [7, 11) is 0. The van der Waals surface area contributed by atoms with Crippen LogP contribution in [0.15, 0.2) is 182 Å². The van der Waals surface area contributed by atoms with Gasteiger partial charge in [-0.2, -0.15) is 0 Å². The number of hydrogen-bond donors (Lipinski definition) is 0. The van der Waals surface area contributed by atoms with Crippen molar-refractivity contribution in [3.63, 3.8) is 0 Å². The maximum atomic E-state index is 14.0. The Labute approximate surface area is 400 Å². The topological polar surface area (TPSA) is 185 Å². The standard InChI is InChI=1S/C53H43ClO15/c54-46-44(67-51(59)37-27-15-5-16-28-37)43(41(65-49(57)35-23-11-3-12-24-35)39(63-46)31-61-47(55)33-19-7-1-8-20-33)69-53-45(68-52(60)38-29-17-6-18-30-38)42(66-50(58)36-25-13-4-14-26-36)40(64-53)32-62-48(56)34-21-9-2-10-22-34/h1-30,39-46,53H,31-32H2/t39-,40+,41+,42+,43+,44-,45-,46+,53+/m1/s1. The van der Waals surface area contributed by atoms with Gasteiger partial charge >= 0.3 is 35.8 Å². The molecule has 2 fully saturated rings. The molecular weight excluding hydrogens is 912 g/mol. The lowest BCUT2D eigenvalue weighted by atomic mass is 9.98. The molecule has 6 aromatic rings. The molecule has 15 nitrogen and oxygen atoms in total. The molecule has 0 N–H and O–H groups in total. The Morgan fingerprint density at radius 2 is 0.623 bits per heavy atom. The molecule has 8 rings (SSSR count). The van der Waals surface area contributed by atoms with Gasteiger partial charge < -0.3 is 42.6 Å². The number of rotatable bonds is 16.